The Morgan fingerprint density at radius 2 is 1.70 bits per heavy atom. The zero-order chi connectivity index (χ0) is 14.2. The summed E-state index contributed by atoms with van der Waals surface area (Å²) in [5.74, 6) is 0.864. The van der Waals surface area contributed by atoms with E-state index in [-0.39, 0.29) is 12.6 Å². The molecule has 106 valence electrons. The average molecular weight is 271 g/mol. The van der Waals surface area contributed by atoms with Crippen LogP contribution in [0.2, 0.25) is 0 Å². The zero-order valence-electron chi connectivity index (χ0n) is 11.8. The van der Waals surface area contributed by atoms with Gasteiger partial charge < -0.3 is 15.2 Å². The number of rotatable bonds is 7. The summed E-state index contributed by atoms with van der Waals surface area (Å²) in [6.45, 7) is 0.721. The predicted octanol–water partition coefficient (Wildman–Crippen LogP) is 2.39. The van der Waals surface area contributed by atoms with Crippen molar-refractivity contribution >= 4 is 0 Å². The monoisotopic (exact) mass is 271 g/mol. The molecule has 1 unspecified atom stereocenters. The van der Waals surface area contributed by atoms with Crippen molar-refractivity contribution in [3.8, 4) is 5.75 Å². The number of hydrogen-bond donors (Lipinski definition) is 2. The Balaban J connectivity index is 1.88. The van der Waals surface area contributed by atoms with Gasteiger partial charge in [0.25, 0.3) is 0 Å². The summed E-state index contributed by atoms with van der Waals surface area (Å²) >= 11 is 0. The van der Waals surface area contributed by atoms with Gasteiger partial charge in [-0.05, 0) is 36.7 Å². The zero-order valence-corrected chi connectivity index (χ0v) is 11.8. The molecular formula is C17H21NO2. The van der Waals surface area contributed by atoms with E-state index in [1.807, 2.05) is 61.6 Å². The smallest absolute Gasteiger partial charge is 0.119 e. The van der Waals surface area contributed by atoms with E-state index in [2.05, 4.69) is 5.32 Å². The molecule has 2 N–H and O–H groups in total. The van der Waals surface area contributed by atoms with Gasteiger partial charge in [-0.1, -0.05) is 42.5 Å². The summed E-state index contributed by atoms with van der Waals surface area (Å²) in [6, 6.07) is 18.2. The quantitative estimate of drug-likeness (QED) is 0.812. The van der Waals surface area contributed by atoms with Crippen molar-refractivity contribution in [2.24, 2.45) is 0 Å². The lowest BCUT2D eigenvalue weighted by atomic mass is 10.1. The fourth-order valence-electron chi connectivity index (χ4n) is 2.01. The number of aliphatic hydroxyl groups excluding tert-OH is 1. The van der Waals surface area contributed by atoms with E-state index in [0.717, 1.165) is 17.7 Å². The number of benzene rings is 2. The molecule has 2 aromatic rings. The van der Waals surface area contributed by atoms with Crippen LogP contribution < -0.4 is 10.1 Å². The minimum atomic E-state index is 0.103. The molecule has 0 heterocycles. The first kappa shape index (κ1) is 14.6. The van der Waals surface area contributed by atoms with Gasteiger partial charge >= 0.3 is 0 Å². The fraction of sp³-hybridized carbons (Fsp3) is 0.294. The first-order chi connectivity index (χ1) is 9.81. The summed E-state index contributed by atoms with van der Waals surface area (Å²) in [5, 5.41) is 12.2. The maximum Gasteiger partial charge on any atom is 0.119 e. The summed E-state index contributed by atoms with van der Waals surface area (Å²) < 4.78 is 5.74. The van der Waals surface area contributed by atoms with Crippen LogP contribution >= 0.6 is 0 Å². The topological polar surface area (TPSA) is 41.5 Å². The maximum absolute atomic E-state index is 9.17. The lowest BCUT2D eigenvalue weighted by Crippen LogP contribution is -2.31. The van der Waals surface area contributed by atoms with Crippen molar-refractivity contribution in [3.63, 3.8) is 0 Å². The summed E-state index contributed by atoms with van der Waals surface area (Å²) in [6.07, 6.45) is 0.811. The molecule has 0 saturated heterocycles. The van der Waals surface area contributed by atoms with Crippen LogP contribution in [0.5, 0.6) is 5.75 Å². The van der Waals surface area contributed by atoms with E-state index in [1.54, 1.807) is 0 Å². The van der Waals surface area contributed by atoms with Crippen molar-refractivity contribution in [1.29, 1.82) is 0 Å². The van der Waals surface area contributed by atoms with Crippen LogP contribution in [0.1, 0.15) is 11.1 Å². The molecule has 0 aliphatic heterocycles. The standard InChI is InChI=1S/C17H21NO2/c1-18-16(12-19)11-14-7-9-17(10-8-14)20-13-15-5-3-2-4-6-15/h2-10,16,18-19H,11-13H2,1H3. The second-order valence-electron chi connectivity index (χ2n) is 4.79. The van der Waals surface area contributed by atoms with Crippen LogP contribution in [-0.4, -0.2) is 24.8 Å². The van der Waals surface area contributed by atoms with Crippen molar-refractivity contribution < 1.29 is 9.84 Å². The average Bonchev–Trinajstić information content (AvgIpc) is 2.53. The second-order valence-corrected chi connectivity index (χ2v) is 4.79. The minimum absolute atomic E-state index is 0.103. The first-order valence-electron chi connectivity index (χ1n) is 6.85. The molecule has 3 nitrogen and oxygen atoms in total. The number of hydrogen-bond acceptors (Lipinski definition) is 3. The number of likely N-dealkylation sites (N-methyl/N-ethyl adjacent to an activating group) is 1. The molecule has 20 heavy (non-hydrogen) atoms. The van der Waals surface area contributed by atoms with Crippen molar-refractivity contribution in [1.82, 2.24) is 5.32 Å². The minimum Gasteiger partial charge on any atom is -0.489 e. The molecular weight excluding hydrogens is 250 g/mol. The van der Waals surface area contributed by atoms with Gasteiger partial charge in [0, 0.05) is 6.04 Å². The van der Waals surface area contributed by atoms with E-state index >= 15 is 0 Å². The summed E-state index contributed by atoms with van der Waals surface area (Å²) in [5.41, 5.74) is 2.34. The van der Waals surface area contributed by atoms with Gasteiger partial charge in [0.15, 0.2) is 0 Å². The molecule has 0 spiro atoms. The van der Waals surface area contributed by atoms with Gasteiger partial charge in [0.1, 0.15) is 12.4 Å². The Kier molecular flexibility index (Phi) is 5.59. The third-order valence-corrected chi connectivity index (χ3v) is 3.28. The maximum atomic E-state index is 9.17. The van der Waals surface area contributed by atoms with Crippen LogP contribution in [-0.2, 0) is 13.0 Å². The van der Waals surface area contributed by atoms with Gasteiger partial charge in [0.2, 0.25) is 0 Å². The number of ether oxygens (including phenoxy) is 1. The number of nitrogens with one attached hydrogen (secondary N) is 1. The molecule has 3 heteroatoms. The van der Waals surface area contributed by atoms with E-state index in [4.69, 9.17) is 9.84 Å². The van der Waals surface area contributed by atoms with E-state index in [1.165, 1.54) is 5.56 Å². The highest BCUT2D eigenvalue weighted by molar-refractivity contribution is 5.28. The van der Waals surface area contributed by atoms with Gasteiger partial charge in [-0.2, -0.15) is 0 Å². The molecule has 0 aliphatic rings. The Labute approximate surface area is 120 Å². The normalized spacial score (nSPS) is 12.1. The van der Waals surface area contributed by atoms with Crippen LogP contribution in [0.25, 0.3) is 0 Å². The van der Waals surface area contributed by atoms with Gasteiger partial charge in [-0.3, -0.25) is 0 Å². The molecule has 1 atom stereocenters. The lowest BCUT2D eigenvalue weighted by Gasteiger charge is -2.13. The summed E-state index contributed by atoms with van der Waals surface area (Å²) in [7, 11) is 1.86. The van der Waals surface area contributed by atoms with E-state index < -0.39 is 0 Å². The highest BCUT2D eigenvalue weighted by atomic mass is 16.5. The molecule has 0 amide bonds. The predicted molar refractivity (Wildman–Crippen MR) is 80.9 cm³/mol. The molecule has 0 radical (unpaired) electrons. The molecule has 2 rings (SSSR count). The Hall–Kier alpha value is -1.84. The second kappa shape index (κ2) is 7.68. The van der Waals surface area contributed by atoms with E-state index in [9.17, 15) is 0 Å². The van der Waals surface area contributed by atoms with Gasteiger partial charge in [-0.15, -0.1) is 0 Å². The van der Waals surface area contributed by atoms with Crippen LogP contribution in [0.3, 0.4) is 0 Å². The van der Waals surface area contributed by atoms with Crippen LogP contribution in [0, 0.1) is 0 Å². The molecule has 0 aromatic heterocycles. The molecule has 0 aliphatic carbocycles. The summed E-state index contributed by atoms with van der Waals surface area (Å²) in [4.78, 5) is 0. The van der Waals surface area contributed by atoms with Crippen molar-refractivity contribution in [2.45, 2.75) is 19.1 Å². The Morgan fingerprint density at radius 3 is 2.30 bits per heavy atom. The van der Waals surface area contributed by atoms with Crippen LogP contribution in [0.4, 0.5) is 0 Å². The third-order valence-electron chi connectivity index (χ3n) is 3.28. The highest BCUT2D eigenvalue weighted by Crippen LogP contribution is 2.15. The van der Waals surface area contributed by atoms with Gasteiger partial charge in [0.05, 0.1) is 6.61 Å². The fourth-order valence-corrected chi connectivity index (χ4v) is 2.01. The highest BCUT2D eigenvalue weighted by Gasteiger charge is 2.05. The number of aliphatic hydroxyl groups is 1. The van der Waals surface area contributed by atoms with Gasteiger partial charge in [-0.25, -0.2) is 0 Å². The van der Waals surface area contributed by atoms with E-state index in [0.29, 0.717) is 6.61 Å². The first-order valence-corrected chi connectivity index (χ1v) is 6.85. The Morgan fingerprint density at radius 1 is 1.00 bits per heavy atom. The molecule has 0 saturated carbocycles. The molecule has 0 bridgehead atoms. The largest absolute Gasteiger partial charge is 0.489 e. The lowest BCUT2D eigenvalue weighted by molar-refractivity contribution is 0.248. The molecule has 2 aromatic carbocycles. The van der Waals surface area contributed by atoms with Crippen molar-refractivity contribution in [3.05, 3.63) is 65.7 Å². The Bertz CT molecular complexity index is 492. The SMILES string of the molecule is CNC(CO)Cc1ccc(OCc2ccccc2)cc1. The van der Waals surface area contributed by atoms with Crippen LogP contribution in [0.15, 0.2) is 54.6 Å². The van der Waals surface area contributed by atoms with Crippen molar-refractivity contribution in [2.75, 3.05) is 13.7 Å². The third kappa shape index (κ3) is 4.37. The molecule has 0 fully saturated rings.